The van der Waals surface area contributed by atoms with Crippen LogP contribution in [-0.2, 0) is 6.42 Å². The Morgan fingerprint density at radius 2 is 2.00 bits per heavy atom. The summed E-state index contributed by atoms with van der Waals surface area (Å²) in [6, 6.07) is 9.06. The number of carboxylic acids is 1. The summed E-state index contributed by atoms with van der Waals surface area (Å²) in [5.74, 6) is 0.174. The van der Waals surface area contributed by atoms with Gasteiger partial charge in [0.25, 0.3) is 0 Å². The molecular formula is C19H16FN3O2. The Balaban J connectivity index is 1.81. The minimum Gasteiger partial charge on any atom is -0.478 e. The molecule has 25 heavy (non-hydrogen) atoms. The minimum atomic E-state index is -1.01. The summed E-state index contributed by atoms with van der Waals surface area (Å²) in [5.41, 5.74) is 2.75. The molecule has 0 spiro atoms. The molecule has 1 saturated carbocycles. The van der Waals surface area contributed by atoms with Gasteiger partial charge in [0.2, 0.25) is 0 Å². The highest BCUT2D eigenvalue weighted by atomic mass is 19.1. The highest BCUT2D eigenvalue weighted by Crippen LogP contribution is 2.35. The van der Waals surface area contributed by atoms with Crippen LogP contribution in [0.15, 0.2) is 42.6 Å². The van der Waals surface area contributed by atoms with E-state index in [4.69, 9.17) is 0 Å². The standard InChI is InChI=1S/C19H16FN3O2/c20-14-5-3-12(4-6-14)17-18(23-16(22-17)9-11-1-2-11)15-10-13(19(24)25)7-8-21-15/h3-8,10-11H,1-2,9H2,(H,22,23)(H,24,25). The topological polar surface area (TPSA) is 78.9 Å². The number of aromatic amines is 1. The molecule has 0 bridgehead atoms. The lowest BCUT2D eigenvalue weighted by atomic mass is 10.1. The van der Waals surface area contributed by atoms with E-state index in [1.165, 1.54) is 43.3 Å². The number of aromatic nitrogens is 3. The lowest BCUT2D eigenvalue weighted by molar-refractivity contribution is 0.0697. The van der Waals surface area contributed by atoms with Gasteiger partial charge in [0, 0.05) is 18.2 Å². The second kappa shape index (κ2) is 6.12. The average molecular weight is 337 g/mol. The van der Waals surface area contributed by atoms with Crippen molar-refractivity contribution in [2.45, 2.75) is 19.3 Å². The third-order valence-corrected chi connectivity index (χ3v) is 4.31. The van der Waals surface area contributed by atoms with Crippen molar-refractivity contribution in [3.8, 4) is 22.6 Å². The number of carbonyl (C=O) groups is 1. The van der Waals surface area contributed by atoms with Crippen LogP contribution < -0.4 is 0 Å². The molecular weight excluding hydrogens is 321 g/mol. The van der Waals surface area contributed by atoms with Crippen LogP contribution in [0.1, 0.15) is 29.0 Å². The Hall–Kier alpha value is -3.02. The first-order valence-electron chi connectivity index (χ1n) is 8.14. The molecule has 0 atom stereocenters. The Labute approximate surface area is 143 Å². The van der Waals surface area contributed by atoms with E-state index < -0.39 is 5.97 Å². The zero-order chi connectivity index (χ0) is 17.4. The van der Waals surface area contributed by atoms with Gasteiger partial charge in [-0.3, -0.25) is 4.98 Å². The summed E-state index contributed by atoms with van der Waals surface area (Å²) in [7, 11) is 0. The smallest absolute Gasteiger partial charge is 0.335 e. The van der Waals surface area contributed by atoms with Gasteiger partial charge in [-0.05, 0) is 55.2 Å². The van der Waals surface area contributed by atoms with E-state index in [1.807, 2.05) is 0 Å². The normalized spacial score (nSPS) is 13.8. The van der Waals surface area contributed by atoms with Crippen LogP contribution in [0.3, 0.4) is 0 Å². The number of rotatable bonds is 5. The number of nitrogens with zero attached hydrogens (tertiary/aromatic N) is 2. The zero-order valence-electron chi connectivity index (χ0n) is 13.4. The van der Waals surface area contributed by atoms with Crippen LogP contribution in [0.2, 0.25) is 0 Å². The SMILES string of the molecule is O=C(O)c1ccnc(-c2[nH]c(CC3CC3)nc2-c2ccc(F)cc2)c1. The fraction of sp³-hybridized carbons (Fsp3) is 0.211. The predicted octanol–water partition coefficient (Wildman–Crippen LogP) is 3.93. The fourth-order valence-corrected chi connectivity index (χ4v) is 2.82. The maximum atomic E-state index is 13.2. The van der Waals surface area contributed by atoms with Crippen LogP contribution in [0.25, 0.3) is 22.6 Å². The molecule has 5 nitrogen and oxygen atoms in total. The number of H-pyrrole nitrogens is 1. The molecule has 0 saturated heterocycles. The number of aromatic carboxylic acids is 1. The van der Waals surface area contributed by atoms with Crippen molar-refractivity contribution in [1.29, 1.82) is 0 Å². The Morgan fingerprint density at radius 1 is 1.24 bits per heavy atom. The molecule has 1 aliphatic rings. The Morgan fingerprint density at radius 3 is 2.68 bits per heavy atom. The van der Waals surface area contributed by atoms with Gasteiger partial charge in [-0.1, -0.05) is 0 Å². The van der Waals surface area contributed by atoms with Crippen molar-refractivity contribution < 1.29 is 14.3 Å². The molecule has 0 amide bonds. The summed E-state index contributed by atoms with van der Waals surface area (Å²) >= 11 is 0. The molecule has 1 aromatic carbocycles. The van der Waals surface area contributed by atoms with Gasteiger partial charge in [0.1, 0.15) is 11.6 Å². The van der Waals surface area contributed by atoms with Crippen LogP contribution in [0.4, 0.5) is 4.39 Å². The summed E-state index contributed by atoms with van der Waals surface area (Å²) in [4.78, 5) is 23.5. The van der Waals surface area contributed by atoms with Gasteiger partial charge in [-0.25, -0.2) is 14.2 Å². The van der Waals surface area contributed by atoms with Crippen LogP contribution >= 0.6 is 0 Å². The van der Waals surface area contributed by atoms with E-state index >= 15 is 0 Å². The molecule has 4 rings (SSSR count). The van der Waals surface area contributed by atoms with Crippen molar-refractivity contribution in [2.75, 3.05) is 0 Å². The van der Waals surface area contributed by atoms with Gasteiger partial charge < -0.3 is 10.1 Å². The molecule has 6 heteroatoms. The van der Waals surface area contributed by atoms with Crippen molar-refractivity contribution in [1.82, 2.24) is 15.0 Å². The molecule has 126 valence electrons. The third-order valence-electron chi connectivity index (χ3n) is 4.31. The number of pyridine rings is 1. The molecule has 1 aliphatic carbocycles. The number of imidazole rings is 1. The monoisotopic (exact) mass is 337 g/mol. The van der Waals surface area contributed by atoms with Gasteiger partial charge in [0.15, 0.2) is 0 Å². The van der Waals surface area contributed by atoms with Gasteiger partial charge in [-0.2, -0.15) is 0 Å². The molecule has 2 heterocycles. The highest BCUT2D eigenvalue weighted by Gasteiger charge is 2.25. The maximum absolute atomic E-state index is 13.2. The van der Waals surface area contributed by atoms with Crippen LogP contribution in [0, 0.1) is 11.7 Å². The van der Waals surface area contributed by atoms with E-state index in [-0.39, 0.29) is 11.4 Å². The fourth-order valence-electron chi connectivity index (χ4n) is 2.82. The van der Waals surface area contributed by atoms with Crippen LogP contribution in [0.5, 0.6) is 0 Å². The van der Waals surface area contributed by atoms with Gasteiger partial charge in [0.05, 0.1) is 22.6 Å². The predicted molar refractivity (Wildman–Crippen MR) is 90.6 cm³/mol. The Kier molecular flexibility index (Phi) is 3.80. The van der Waals surface area contributed by atoms with E-state index in [0.717, 1.165) is 17.8 Å². The number of benzene rings is 1. The van der Waals surface area contributed by atoms with E-state index in [0.29, 0.717) is 23.0 Å². The van der Waals surface area contributed by atoms with Crippen molar-refractivity contribution in [3.05, 3.63) is 59.8 Å². The second-order valence-corrected chi connectivity index (χ2v) is 6.30. The number of hydrogen-bond donors (Lipinski definition) is 2. The molecule has 2 N–H and O–H groups in total. The average Bonchev–Trinajstić information content (AvgIpc) is 3.32. The lowest BCUT2D eigenvalue weighted by Gasteiger charge is -2.03. The molecule has 0 unspecified atom stereocenters. The highest BCUT2D eigenvalue weighted by molar-refractivity contribution is 5.89. The molecule has 3 aromatic rings. The lowest BCUT2D eigenvalue weighted by Crippen LogP contribution is -1.98. The number of halogens is 1. The number of carboxylic acid groups (broad SMARTS) is 1. The molecule has 2 aromatic heterocycles. The Bertz CT molecular complexity index is 930. The van der Waals surface area contributed by atoms with E-state index in [2.05, 4.69) is 15.0 Å². The first-order chi connectivity index (χ1) is 12.1. The quantitative estimate of drug-likeness (QED) is 0.739. The largest absolute Gasteiger partial charge is 0.478 e. The molecule has 1 fully saturated rings. The van der Waals surface area contributed by atoms with E-state index in [1.54, 1.807) is 12.1 Å². The number of nitrogens with one attached hydrogen (secondary N) is 1. The zero-order valence-corrected chi connectivity index (χ0v) is 13.4. The van der Waals surface area contributed by atoms with Crippen LogP contribution in [-0.4, -0.2) is 26.0 Å². The van der Waals surface area contributed by atoms with Crippen molar-refractivity contribution >= 4 is 5.97 Å². The summed E-state index contributed by atoms with van der Waals surface area (Å²) < 4.78 is 13.2. The molecule has 0 aliphatic heterocycles. The molecule has 0 radical (unpaired) electrons. The van der Waals surface area contributed by atoms with E-state index in [9.17, 15) is 14.3 Å². The van der Waals surface area contributed by atoms with Crippen molar-refractivity contribution in [2.24, 2.45) is 5.92 Å². The summed E-state index contributed by atoms with van der Waals surface area (Å²) in [5, 5.41) is 9.21. The van der Waals surface area contributed by atoms with Gasteiger partial charge in [-0.15, -0.1) is 0 Å². The van der Waals surface area contributed by atoms with Gasteiger partial charge >= 0.3 is 5.97 Å². The van der Waals surface area contributed by atoms with Crippen molar-refractivity contribution in [3.63, 3.8) is 0 Å². The number of hydrogen-bond acceptors (Lipinski definition) is 3. The second-order valence-electron chi connectivity index (χ2n) is 6.30. The third kappa shape index (κ3) is 3.28. The maximum Gasteiger partial charge on any atom is 0.335 e. The minimum absolute atomic E-state index is 0.161. The first kappa shape index (κ1) is 15.5. The summed E-state index contributed by atoms with van der Waals surface area (Å²) in [6.45, 7) is 0. The summed E-state index contributed by atoms with van der Waals surface area (Å²) in [6.07, 6.45) is 4.73. The first-order valence-corrected chi connectivity index (χ1v) is 8.14.